The zero-order chi connectivity index (χ0) is 15.7. The number of sulfonamides is 1. The molecule has 2 fully saturated rings. The van der Waals surface area contributed by atoms with Gasteiger partial charge in [-0.1, -0.05) is 6.42 Å². The standard InChI is InChI=1S/C14H17BrFNO4S/c15-11-9-10(16)4-5-13(11)22(18,19)17-6-2-1-3-12(17)14-20-7-8-21-14/h4-5,9,12,14H,1-3,6-8H2/t12-/m1/s1. The molecule has 1 aromatic carbocycles. The Bertz CT molecular complexity index is 648. The Hall–Kier alpha value is -0.540. The summed E-state index contributed by atoms with van der Waals surface area (Å²) in [5.41, 5.74) is 0. The van der Waals surface area contributed by atoms with Crippen molar-refractivity contribution in [3.05, 3.63) is 28.5 Å². The Balaban J connectivity index is 1.94. The summed E-state index contributed by atoms with van der Waals surface area (Å²) in [7, 11) is -3.74. The van der Waals surface area contributed by atoms with E-state index in [1.165, 1.54) is 10.4 Å². The fourth-order valence-corrected chi connectivity index (χ4v) is 5.60. The molecule has 0 radical (unpaired) electrons. The molecule has 2 aliphatic heterocycles. The second kappa shape index (κ2) is 6.52. The highest BCUT2D eigenvalue weighted by Gasteiger charge is 2.41. The molecule has 1 atom stereocenters. The van der Waals surface area contributed by atoms with Crippen molar-refractivity contribution in [2.45, 2.75) is 36.5 Å². The summed E-state index contributed by atoms with van der Waals surface area (Å²) in [5, 5.41) is 0. The first kappa shape index (κ1) is 16.3. The SMILES string of the molecule is O=S(=O)(c1ccc(F)cc1Br)N1CCCC[C@@H]1C1OCCO1. The van der Waals surface area contributed by atoms with E-state index in [4.69, 9.17) is 9.47 Å². The average molecular weight is 394 g/mol. The van der Waals surface area contributed by atoms with Crippen LogP contribution in [-0.4, -0.2) is 44.8 Å². The molecule has 0 aromatic heterocycles. The smallest absolute Gasteiger partial charge is 0.244 e. The number of nitrogens with zero attached hydrogens (tertiary/aromatic N) is 1. The van der Waals surface area contributed by atoms with Crippen LogP contribution in [0.15, 0.2) is 27.6 Å². The van der Waals surface area contributed by atoms with Gasteiger partial charge < -0.3 is 9.47 Å². The molecule has 0 unspecified atom stereocenters. The molecule has 8 heteroatoms. The minimum Gasteiger partial charge on any atom is -0.349 e. The second-order valence-electron chi connectivity index (χ2n) is 5.36. The van der Waals surface area contributed by atoms with E-state index >= 15 is 0 Å². The lowest BCUT2D eigenvalue weighted by molar-refractivity contribution is -0.0913. The van der Waals surface area contributed by atoms with Crippen molar-refractivity contribution in [3.8, 4) is 0 Å². The van der Waals surface area contributed by atoms with Gasteiger partial charge in [-0.3, -0.25) is 0 Å². The summed E-state index contributed by atoms with van der Waals surface area (Å²) in [6.45, 7) is 1.38. The Morgan fingerprint density at radius 2 is 1.95 bits per heavy atom. The molecule has 3 rings (SSSR count). The van der Waals surface area contributed by atoms with Crippen LogP contribution in [0, 0.1) is 5.82 Å². The monoisotopic (exact) mass is 393 g/mol. The van der Waals surface area contributed by atoms with Gasteiger partial charge in [0.05, 0.1) is 24.2 Å². The van der Waals surface area contributed by atoms with E-state index in [9.17, 15) is 12.8 Å². The molecular formula is C14H17BrFNO4S. The van der Waals surface area contributed by atoms with Crippen molar-refractivity contribution in [3.63, 3.8) is 0 Å². The number of piperidine rings is 1. The Morgan fingerprint density at radius 3 is 2.64 bits per heavy atom. The second-order valence-corrected chi connectivity index (χ2v) is 8.08. The van der Waals surface area contributed by atoms with Crippen LogP contribution in [0.1, 0.15) is 19.3 Å². The zero-order valence-electron chi connectivity index (χ0n) is 11.9. The Labute approximate surface area is 137 Å². The molecule has 2 aliphatic rings. The van der Waals surface area contributed by atoms with Crippen LogP contribution in [0.25, 0.3) is 0 Å². The molecule has 0 spiro atoms. The summed E-state index contributed by atoms with van der Waals surface area (Å²) in [6, 6.07) is 3.27. The van der Waals surface area contributed by atoms with Gasteiger partial charge in [0, 0.05) is 11.0 Å². The van der Waals surface area contributed by atoms with E-state index in [1.54, 1.807) is 0 Å². The van der Waals surface area contributed by atoms with Crippen molar-refractivity contribution in [1.29, 1.82) is 0 Å². The molecule has 0 N–H and O–H groups in total. The van der Waals surface area contributed by atoms with Crippen molar-refractivity contribution >= 4 is 26.0 Å². The van der Waals surface area contributed by atoms with Gasteiger partial charge in [0.15, 0.2) is 6.29 Å². The highest BCUT2D eigenvalue weighted by molar-refractivity contribution is 9.10. The largest absolute Gasteiger partial charge is 0.349 e. The van der Waals surface area contributed by atoms with E-state index in [0.29, 0.717) is 26.2 Å². The molecule has 5 nitrogen and oxygen atoms in total. The minimum absolute atomic E-state index is 0.0683. The van der Waals surface area contributed by atoms with Gasteiger partial charge >= 0.3 is 0 Å². The maximum Gasteiger partial charge on any atom is 0.244 e. The number of ether oxygens (including phenoxy) is 2. The number of benzene rings is 1. The molecule has 0 amide bonds. The number of halogens is 2. The number of rotatable bonds is 3. The third-order valence-corrected chi connectivity index (χ3v) is 6.84. The third kappa shape index (κ3) is 3.07. The molecule has 1 aromatic rings. The first-order chi connectivity index (χ1) is 10.5. The molecule has 122 valence electrons. The molecule has 0 bridgehead atoms. The van der Waals surface area contributed by atoms with Gasteiger partial charge in [0.25, 0.3) is 0 Å². The van der Waals surface area contributed by atoms with Gasteiger partial charge in [-0.25, -0.2) is 12.8 Å². The molecule has 0 saturated carbocycles. The fourth-order valence-electron chi connectivity index (χ4n) is 2.91. The fraction of sp³-hybridized carbons (Fsp3) is 0.571. The quantitative estimate of drug-likeness (QED) is 0.791. The molecule has 0 aliphatic carbocycles. The lowest BCUT2D eigenvalue weighted by Gasteiger charge is -2.37. The van der Waals surface area contributed by atoms with Gasteiger partial charge in [0.2, 0.25) is 10.0 Å². The first-order valence-electron chi connectivity index (χ1n) is 7.20. The van der Waals surface area contributed by atoms with Crippen molar-refractivity contribution in [2.24, 2.45) is 0 Å². The molecular weight excluding hydrogens is 377 g/mol. The van der Waals surface area contributed by atoms with E-state index in [1.807, 2.05) is 0 Å². The topological polar surface area (TPSA) is 55.8 Å². The lowest BCUT2D eigenvalue weighted by Crippen LogP contribution is -2.50. The minimum atomic E-state index is -3.74. The summed E-state index contributed by atoms with van der Waals surface area (Å²) in [6.07, 6.45) is 1.91. The van der Waals surface area contributed by atoms with Gasteiger partial charge in [-0.05, 0) is 47.0 Å². The van der Waals surface area contributed by atoms with Gasteiger partial charge in [0.1, 0.15) is 5.82 Å². The van der Waals surface area contributed by atoms with Crippen molar-refractivity contribution in [2.75, 3.05) is 19.8 Å². The van der Waals surface area contributed by atoms with Crippen LogP contribution >= 0.6 is 15.9 Å². The summed E-state index contributed by atoms with van der Waals surface area (Å²) < 4.78 is 51.8. The molecule has 2 saturated heterocycles. The van der Waals surface area contributed by atoms with Crippen LogP contribution in [-0.2, 0) is 19.5 Å². The highest BCUT2D eigenvalue weighted by atomic mass is 79.9. The molecule has 2 heterocycles. The van der Waals surface area contributed by atoms with Crippen LogP contribution in [0.4, 0.5) is 4.39 Å². The summed E-state index contributed by atoms with van der Waals surface area (Å²) in [4.78, 5) is 0.0683. The van der Waals surface area contributed by atoms with E-state index in [2.05, 4.69) is 15.9 Å². The zero-order valence-corrected chi connectivity index (χ0v) is 14.3. The first-order valence-corrected chi connectivity index (χ1v) is 9.43. The maximum atomic E-state index is 13.2. The van der Waals surface area contributed by atoms with Crippen LogP contribution in [0.5, 0.6) is 0 Å². The van der Waals surface area contributed by atoms with Crippen LogP contribution in [0.2, 0.25) is 0 Å². The summed E-state index contributed by atoms with van der Waals surface area (Å²) in [5.74, 6) is -0.483. The third-order valence-electron chi connectivity index (χ3n) is 3.94. The van der Waals surface area contributed by atoms with Crippen molar-refractivity contribution < 1.29 is 22.3 Å². The van der Waals surface area contributed by atoms with Gasteiger partial charge in [-0.2, -0.15) is 4.31 Å². The normalized spacial score (nSPS) is 24.7. The van der Waals surface area contributed by atoms with Crippen molar-refractivity contribution in [1.82, 2.24) is 4.31 Å². The van der Waals surface area contributed by atoms with Crippen LogP contribution < -0.4 is 0 Å². The van der Waals surface area contributed by atoms with E-state index < -0.39 is 22.1 Å². The highest BCUT2D eigenvalue weighted by Crippen LogP contribution is 2.32. The van der Waals surface area contributed by atoms with E-state index in [0.717, 1.165) is 25.0 Å². The van der Waals surface area contributed by atoms with Gasteiger partial charge in [-0.15, -0.1) is 0 Å². The average Bonchev–Trinajstić information content (AvgIpc) is 3.01. The predicted molar refractivity (Wildman–Crippen MR) is 81.3 cm³/mol. The molecule has 22 heavy (non-hydrogen) atoms. The summed E-state index contributed by atoms with van der Waals surface area (Å²) >= 11 is 3.14. The Kier molecular flexibility index (Phi) is 4.84. The number of hydrogen-bond donors (Lipinski definition) is 0. The predicted octanol–water partition coefficient (Wildman–Crippen LogP) is 2.50. The number of hydrogen-bond acceptors (Lipinski definition) is 4. The lowest BCUT2D eigenvalue weighted by atomic mass is 10.0. The van der Waals surface area contributed by atoms with Crippen LogP contribution in [0.3, 0.4) is 0 Å². The maximum absolute atomic E-state index is 13.2. The van der Waals surface area contributed by atoms with E-state index in [-0.39, 0.29) is 15.4 Å². The Morgan fingerprint density at radius 1 is 1.23 bits per heavy atom.